The predicted octanol–water partition coefficient (Wildman–Crippen LogP) is 3.31. The Balaban J connectivity index is 2.06. The van der Waals surface area contributed by atoms with Crippen LogP contribution >= 0.6 is 11.6 Å². The van der Waals surface area contributed by atoms with Crippen molar-refractivity contribution in [2.24, 2.45) is 5.10 Å². The van der Waals surface area contributed by atoms with Crippen molar-refractivity contribution in [2.45, 2.75) is 0 Å². The van der Waals surface area contributed by atoms with Gasteiger partial charge in [0.1, 0.15) is 5.82 Å². The highest BCUT2D eigenvalue weighted by Crippen LogP contribution is 2.15. The zero-order valence-electron chi connectivity index (χ0n) is 12.2. The van der Waals surface area contributed by atoms with Crippen LogP contribution in [0, 0.1) is 5.82 Å². The maximum atomic E-state index is 12.9. The molecule has 22 heavy (non-hydrogen) atoms. The molecule has 6 heteroatoms. The number of nitrogens with one attached hydrogen (secondary N) is 1. The monoisotopic (exact) mass is 319 g/mol. The van der Waals surface area contributed by atoms with Gasteiger partial charge in [-0.15, -0.1) is 0 Å². The Morgan fingerprint density at radius 3 is 2.73 bits per heavy atom. The van der Waals surface area contributed by atoms with E-state index < -0.39 is 5.82 Å². The lowest BCUT2D eigenvalue weighted by atomic mass is 10.2. The van der Waals surface area contributed by atoms with E-state index in [1.54, 1.807) is 18.2 Å². The SMILES string of the molecule is CN(C)c1cccc(C(=O)N/N=C/c2ccc(F)cc2Cl)c1. The number of benzene rings is 2. The van der Waals surface area contributed by atoms with Crippen LogP contribution in [0.3, 0.4) is 0 Å². The second-order valence-corrected chi connectivity index (χ2v) is 5.22. The summed E-state index contributed by atoms with van der Waals surface area (Å²) in [6, 6.07) is 11.1. The predicted molar refractivity (Wildman–Crippen MR) is 87.2 cm³/mol. The van der Waals surface area contributed by atoms with E-state index >= 15 is 0 Å². The molecule has 114 valence electrons. The van der Waals surface area contributed by atoms with Gasteiger partial charge in [0.15, 0.2) is 0 Å². The molecule has 1 N–H and O–H groups in total. The second-order valence-electron chi connectivity index (χ2n) is 4.81. The van der Waals surface area contributed by atoms with E-state index in [-0.39, 0.29) is 10.9 Å². The molecule has 0 aliphatic heterocycles. The molecule has 0 saturated heterocycles. The van der Waals surface area contributed by atoms with Gasteiger partial charge in [0.25, 0.3) is 5.91 Å². The molecule has 0 aliphatic rings. The highest BCUT2D eigenvalue weighted by atomic mass is 35.5. The third kappa shape index (κ3) is 4.05. The molecule has 2 rings (SSSR count). The van der Waals surface area contributed by atoms with Crippen molar-refractivity contribution in [1.82, 2.24) is 5.43 Å². The van der Waals surface area contributed by atoms with E-state index in [4.69, 9.17) is 11.6 Å². The molecule has 0 radical (unpaired) electrons. The number of halogens is 2. The molecule has 0 aliphatic carbocycles. The molecule has 0 fully saturated rings. The summed E-state index contributed by atoms with van der Waals surface area (Å²) in [5, 5.41) is 4.07. The largest absolute Gasteiger partial charge is 0.378 e. The number of carbonyl (C=O) groups excluding carboxylic acids is 1. The van der Waals surface area contributed by atoms with Crippen LogP contribution in [0.5, 0.6) is 0 Å². The van der Waals surface area contributed by atoms with E-state index in [1.807, 2.05) is 25.1 Å². The van der Waals surface area contributed by atoms with Gasteiger partial charge >= 0.3 is 0 Å². The average Bonchev–Trinajstić information content (AvgIpc) is 2.49. The van der Waals surface area contributed by atoms with E-state index in [0.29, 0.717) is 11.1 Å². The summed E-state index contributed by atoms with van der Waals surface area (Å²) in [4.78, 5) is 13.9. The van der Waals surface area contributed by atoms with Gasteiger partial charge in [0, 0.05) is 30.9 Å². The number of hydrogen-bond acceptors (Lipinski definition) is 3. The van der Waals surface area contributed by atoms with Crippen molar-refractivity contribution in [3.05, 3.63) is 64.4 Å². The molecular weight excluding hydrogens is 305 g/mol. The highest BCUT2D eigenvalue weighted by molar-refractivity contribution is 6.33. The van der Waals surface area contributed by atoms with Crippen LogP contribution in [0.2, 0.25) is 5.02 Å². The molecule has 0 bridgehead atoms. The van der Waals surface area contributed by atoms with Crippen LogP contribution in [0.1, 0.15) is 15.9 Å². The van der Waals surface area contributed by atoms with Crippen LogP contribution in [0.15, 0.2) is 47.6 Å². The smallest absolute Gasteiger partial charge is 0.271 e. The normalized spacial score (nSPS) is 10.7. The standard InChI is InChI=1S/C16H15ClFN3O/c1-21(2)14-5-3-4-11(8-14)16(22)20-19-10-12-6-7-13(18)9-15(12)17/h3-10H,1-2H3,(H,20,22)/b19-10+. The fourth-order valence-corrected chi connectivity index (χ4v) is 1.97. The Bertz CT molecular complexity index is 716. The number of carbonyl (C=O) groups is 1. The molecule has 0 atom stereocenters. The van der Waals surface area contributed by atoms with Crippen LogP contribution in [-0.2, 0) is 0 Å². The van der Waals surface area contributed by atoms with Crippen molar-refractivity contribution in [1.29, 1.82) is 0 Å². The molecular formula is C16H15ClFN3O. The molecule has 0 spiro atoms. The Hall–Kier alpha value is -2.40. The van der Waals surface area contributed by atoms with Crippen LogP contribution in [0.25, 0.3) is 0 Å². The summed E-state index contributed by atoms with van der Waals surface area (Å²) < 4.78 is 12.9. The lowest BCUT2D eigenvalue weighted by Crippen LogP contribution is -2.18. The van der Waals surface area contributed by atoms with E-state index in [9.17, 15) is 9.18 Å². The highest BCUT2D eigenvalue weighted by Gasteiger charge is 2.06. The second kappa shape index (κ2) is 7.04. The first-order valence-corrected chi connectivity index (χ1v) is 6.91. The molecule has 0 aromatic heterocycles. The first-order valence-electron chi connectivity index (χ1n) is 6.53. The quantitative estimate of drug-likeness (QED) is 0.694. The lowest BCUT2D eigenvalue weighted by Gasteiger charge is -2.12. The van der Waals surface area contributed by atoms with Gasteiger partial charge in [-0.3, -0.25) is 4.79 Å². The molecule has 4 nitrogen and oxygen atoms in total. The minimum atomic E-state index is -0.424. The number of nitrogens with zero attached hydrogens (tertiary/aromatic N) is 2. The maximum Gasteiger partial charge on any atom is 0.271 e. The zero-order valence-corrected chi connectivity index (χ0v) is 12.9. The van der Waals surface area contributed by atoms with Crippen molar-refractivity contribution in [2.75, 3.05) is 19.0 Å². The summed E-state index contributed by atoms with van der Waals surface area (Å²) >= 11 is 5.87. The van der Waals surface area contributed by atoms with E-state index in [1.165, 1.54) is 24.4 Å². The van der Waals surface area contributed by atoms with E-state index in [0.717, 1.165) is 5.69 Å². The minimum Gasteiger partial charge on any atom is -0.378 e. The van der Waals surface area contributed by atoms with Crippen molar-refractivity contribution < 1.29 is 9.18 Å². The summed E-state index contributed by atoms with van der Waals surface area (Å²) in [5.41, 5.74) is 4.34. The van der Waals surface area contributed by atoms with Gasteiger partial charge in [-0.05, 0) is 36.4 Å². The number of anilines is 1. The van der Waals surface area contributed by atoms with Gasteiger partial charge in [-0.25, -0.2) is 9.82 Å². The van der Waals surface area contributed by atoms with Crippen LogP contribution in [0.4, 0.5) is 10.1 Å². The van der Waals surface area contributed by atoms with Gasteiger partial charge < -0.3 is 4.90 Å². The fourth-order valence-electron chi connectivity index (χ4n) is 1.76. The first-order chi connectivity index (χ1) is 10.5. The van der Waals surface area contributed by atoms with E-state index in [2.05, 4.69) is 10.5 Å². The summed E-state index contributed by atoms with van der Waals surface area (Å²) in [5.74, 6) is -0.759. The number of rotatable bonds is 4. The van der Waals surface area contributed by atoms with Crippen LogP contribution in [-0.4, -0.2) is 26.2 Å². The number of hydrazone groups is 1. The molecule has 0 heterocycles. The van der Waals surface area contributed by atoms with Crippen molar-refractivity contribution in [3.8, 4) is 0 Å². The molecule has 1 amide bonds. The van der Waals surface area contributed by atoms with Gasteiger partial charge in [-0.2, -0.15) is 5.10 Å². The number of amides is 1. The molecule has 0 unspecified atom stereocenters. The Morgan fingerprint density at radius 1 is 1.27 bits per heavy atom. The molecule has 2 aromatic rings. The third-order valence-corrected chi connectivity index (χ3v) is 3.28. The average molecular weight is 320 g/mol. The summed E-state index contributed by atoms with van der Waals surface area (Å²) in [6.07, 6.45) is 1.37. The fraction of sp³-hybridized carbons (Fsp3) is 0.125. The van der Waals surface area contributed by atoms with Gasteiger partial charge in [0.2, 0.25) is 0 Å². The van der Waals surface area contributed by atoms with Crippen LogP contribution < -0.4 is 10.3 Å². The van der Waals surface area contributed by atoms with Gasteiger partial charge in [-0.1, -0.05) is 17.7 Å². The van der Waals surface area contributed by atoms with Gasteiger partial charge in [0.05, 0.1) is 11.2 Å². The third-order valence-electron chi connectivity index (χ3n) is 2.96. The van der Waals surface area contributed by atoms with Crippen molar-refractivity contribution in [3.63, 3.8) is 0 Å². The molecule has 2 aromatic carbocycles. The summed E-state index contributed by atoms with van der Waals surface area (Å²) in [6.45, 7) is 0. The minimum absolute atomic E-state index is 0.229. The van der Waals surface area contributed by atoms with Crippen molar-refractivity contribution >= 4 is 29.4 Å². The Kier molecular flexibility index (Phi) is 5.12. The zero-order chi connectivity index (χ0) is 16.1. The first kappa shape index (κ1) is 16.0. The summed E-state index contributed by atoms with van der Waals surface area (Å²) in [7, 11) is 3.79. The Morgan fingerprint density at radius 2 is 2.05 bits per heavy atom. The topological polar surface area (TPSA) is 44.7 Å². The lowest BCUT2D eigenvalue weighted by molar-refractivity contribution is 0.0955. The molecule has 0 saturated carbocycles. The maximum absolute atomic E-state index is 12.9. The number of hydrogen-bond donors (Lipinski definition) is 1. The Labute approximate surface area is 133 Å².